The normalized spacial score (nSPS) is 25.0. The largest absolute Gasteiger partial charge is 0.444 e. The average molecular weight is 241 g/mol. The van der Waals surface area contributed by atoms with Gasteiger partial charge in [0.05, 0.1) is 6.04 Å². The van der Waals surface area contributed by atoms with Gasteiger partial charge >= 0.3 is 6.09 Å². The molecule has 1 saturated carbocycles. The van der Waals surface area contributed by atoms with E-state index < -0.39 is 17.7 Å². The second kappa shape index (κ2) is 5.07. The average Bonchev–Trinajstić information content (AvgIpc) is 2.77. The molecule has 17 heavy (non-hydrogen) atoms. The maximum Gasteiger partial charge on any atom is 0.408 e. The van der Waals surface area contributed by atoms with Crippen molar-refractivity contribution >= 4 is 11.9 Å². The Balaban J connectivity index is 2.30. The number of ketones is 1. The van der Waals surface area contributed by atoms with E-state index in [4.69, 9.17) is 4.74 Å². The Kier molecular flexibility index (Phi) is 4.17. The Morgan fingerprint density at radius 2 is 1.94 bits per heavy atom. The molecule has 0 radical (unpaired) electrons. The lowest BCUT2D eigenvalue weighted by Crippen LogP contribution is -2.41. The molecule has 0 saturated heterocycles. The van der Waals surface area contributed by atoms with Crippen molar-refractivity contribution in [2.45, 2.75) is 59.1 Å². The minimum Gasteiger partial charge on any atom is -0.444 e. The van der Waals surface area contributed by atoms with Gasteiger partial charge in [0.25, 0.3) is 0 Å². The molecule has 0 aromatic carbocycles. The molecule has 1 rings (SSSR count). The number of hydrogen-bond donors (Lipinski definition) is 1. The number of alkyl carbamates (subject to hydrolysis) is 1. The molecule has 1 aliphatic carbocycles. The maximum absolute atomic E-state index is 11.8. The zero-order valence-corrected chi connectivity index (χ0v) is 11.4. The first-order valence-electron chi connectivity index (χ1n) is 6.21. The molecule has 0 heterocycles. The van der Waals surface area contributed by atoms with Gasteiger partial charge in [-0.1, -0.05) is 6.92 Å². The Bertz CT molecular complexity index is 306. The summed E-state index contributed by atoms with van der Waals surface area (Å²) in [5.41, 5.74) is -0.530. The van der Waals surface area contributed by atoms with E-state index in [-0.39, 0.29) is 5.78 Å². The van der Waals surface area contributed by atoms with Crippen molar-refractivity contribution in [3.63, 3.8) is 0 Å². The van der Waals surface area contributed by atoms with E-state index in [9.17, 15) is 9.59 Å². The first-order valence-corrected chi connectivity index (χ1v) is 6.21. The van der Waals surface area contributed by atoms with Crippen LogP contribution in [-0.4, -0.2) is 23.5 Å². The maximum atomic E-state index is 11.8. The zero-order chi connectivity index (χ0) is 13.2. The Morgan fingerprint density at radius 3 is 2.35 bits per heavy atom. The van der Waals surface area contributed by atoms with Gasteiger partial charge < -0.3 is 10.1 Å². The second-order valence-corrected chi connectivity index (χ2v) is 6.01. The molecule has 0 aromatic heterocycles. The molecule has 0 aromatic rings. The van der Waals surface area contributed by atoms with E-state index in [0.29, 0.717) is 18.3 Å². The molecule has 4 nitrogen and oxygen atoms in total. The highest BCUT2D eigenvalue weighted by molar-refractivity contribution is 5.87. The number of hydrogen-bond acceptors (Lipinski definition) is 3. The molecule has 0 spiro atoms. The van der Waals surface area contributed by atoms with Crippen LogP contribution in [0, 0.1) is 11.8 Å². The molecule has 0 bridgehead atoms. The summed E-state index contributed by atoms with van der Waals surface area (Å²) in [6, 6.07) is -0.461. The number of Topliss-reactive ketones (excluding diaryl/α,β-unsaturated/α-hetero) is 1. The van der Waals surface area contributed by atoms with Crippen molar-refractivity contribution in [3.05, 3.63) is 0 Å². The van der Waals surface area contributed by atoms with Crippen molar-refractivity contribution in [3.8, 4) is 0 Å². The minimum atomic E-state index is -0.530. The van der Waals surface area contributed by atoms with Gasteiger partial charge in [-0.25, -0.2) is 4.79 Å². The van der Waals surface area contributed by atoms with E-state index in [2.05, 4.69) is 12.2 Å². The summed E-state index contributed by atoms with van der Waals surface area (Å²) in [4.78, 5) is 23.2. The van der Waals surface area contributed by atoms with Gasteiger partial charge in [0.2, 0.25) is 0 Å². The number of carbonyl (C=O) groups excluding carboxylic acids is 2. The fourth-order valence-corrected chi connectivity index (χ4v) is 1.68. The van der Waals surface area contributed by atoms with Gasteiger partial charge in [0.1, 0.15) is 5.60 Å². The number of amides is 1. The van der Waals surface area contributed by atoms with Crippen LogP contribution in [0.4, 0.5) is 4.79 Å². The number of nitrogens with one attached hydrogen (secondary N) is 1. The van der Waals surface area contributed by atoms with Crippen LogP contribution < -0.4 is 5.32 Å². The predicted octanol–water partition coefficient (Wildman–Crippen LogP) is 2.51. The van der Waals surface area contributed by atoms with Gasteiger partial charge in [-0.15, -0.1) is 0 Å². The highest BCUT2D eigenvalue weighted by Crippen LogP contribution is 2.40. The second-order valence-electron chi connectivity index (χ2n) is 6.01. The van der Waals surface area contributed by atoms with Crippen molar-refractivity contribution < 1.29 is 14.3 Å². The van der Waals surface area contributed by atoms with E-state index in [1.165, 1.54) is 0 Å². The summed E-state index contributed by atoms with van der Waals surface area (Å²) in [6.07, 6.45) is 1.17. The van der Waals surface area contributed by atoms with Crippen LogP contribution in [0.3, 0.4) is 0 Å². The smallest absolute Gasteiger partial charge is 0.408 e. The van der Waals surface area contributed by atoms with E-state index in [1.54, 1.807) is 27.7 Å². The fourth-order valence-electron chi connectivity index (χ4n) is 1.68. The van der Waals surface area contributed by atoms with Crippen molar-refractivity contribution in [1.82, 2.24) is 5.32 Å². The third-order valence-corrected chi connectivity index (χ3v) is 2.96. The van der Waals surface area contributed by atoms with Crippen LogP contribution in [0.2, 0.25) is 0 Å². The van der Waals surface area contributed by atoms with E-state index in [0.717, 1.165) is 6.42 Å². The van der Waals surface area contributed by atoms with E-state index in [1.807, 2.05) is 0 Å². The summed E-state index contributed by atoms with van der Waals surface area (Å²) in [5, 5.41) is 2.57. The van der Waals surface area contributed by atoms with Crippen molar-refractivity contribution in [2.75, 3.05) is 0 Å². The van der Waals surface area contributed by atoms with Gasteiger partial charge in [-0.05, 0) is 46.0 Å². The standard InChI is InChI=1S/C13H23NO3/c1-8-6-10(8)7-11(15)9(2)14-12(16)17-13(3,4)5/h8-10H,6-7H2,1-5H3,(H,14,16). The quantitative estimate of drug-likeness (QED) is 0.822. The van der Waals surface area contributed by atoms with Gasteiger partial charge in [0.15, 0.2) is 5.78 Å². The van der Waals surface area contributed by atoms with Crippen LogP contribution >= 0.6 is 0 Å². The zero-order valence-electron chi connectivity index (χ0n) is 11.4. The Morgan fingerprint density at radius 1 is 1.41 bits per heavy atom. The summed E-state index contributed by atoms with van der Waals surface area (Å²) in [6.45, 7) is 9.24. The number of ether oxygens (including phenoxy) is 1. The monoisotopic (exact) mass is 241 g/mol. The van der Waals surface area contributed by atoms with Crippen molar-refractivity contribution in [1.29, 1.82) is 0 Å². The van der Waals surface area contributed by atoms with Crippen LogP contribution in [-0.2, 0) is 9.53 Å². The molecule has 1 aliphatic rings. The highest BCUT2D eigenvalue weighted by atomic mass is 16.6. The first kappa shape index (κ1) is 14.0. The summed E-state index contributed by atoms with van der Waals surface area (Å²) < 4.78 is 5.10. The third kappa shape index (κ3) is 5.20. The lowest BCUT2D eigenvalue weighted by atomic mass is 10.1. The molecular formula is C13H23NO3. The topological polar surface area (TPSA) is 55.4 Å². The van der Waals surface area contributed by atoms with Gasteiger partial charge in [-0.3, -0.25) is 4.79 Å². The molecule has 1 fully saturated rings. The number of rotatable bonds is 4. The highest BCUT2D eigenvalue weighted by Gasteiger charge is 2.35. The van der Waals surface area contributed by atoms with Gasteiger partial charge in [0, 0.05) is 6.42 Å². The lowest BCUT2D eigenvalue weighted by molar-refractivity contribution is -0.121. The van der Waals surface area contributed by atoms with Crippen LogP contribution in [0.25, 0.3) is 0 Å². The summed E-state index contributed by atoms with van der Waals surface area (Å²) in [5.74, 6) is 1.27. The number of carbonyl (C=O) groups is 2. The molecule has 3 atom stereocenters. The first-order chi connectivity index (χ1) is 7.69. The summed E-state index contributed by atoms with van der Waals surface area (Å²) >= 11 is 0. The molecule has 0 aliphatic heterocycles. The fraction of sp³-hybridized carbons (Fsp3) is 0.846. The molecule has 3 unspecified atom stereocenters. The molecule has 1 N–H and O–H groups in total. The Hall–Kier alpha value is -1.06. The van der Waals surface area contributed by atoms with Crippen molar-refractivity contribution in [2.24, 2.45) is 11.8 Å². The Labute approximate surface area is 103 Å². The van der Waals surface area contributed by atoms with Crippen LogP contribution in [0.15, 0.2) is 0 Å². The van der Waals surface area contributed by atoms with Gasteiger partial charge in [-0.2, -0.15) is 0 Å². The SMILES string of the molecule is CC(NC(=O)OC(C)(C)C)C(=O)CC1CC1C. The molecular weight excluding hydrogens is 218 g/mol. The minimum absolute atomic E-state index is 0.0882. The third-order valence-electron chi connectivity index (χ3n) is 2.96. The van der Waals surface area contributed by atoms with Crippen LogP contribution in [0.1, 0.15) is 47.5 Å². The lowest BCUT2D eigenvalue weighted by Gasteiger charge is -2.21. The molecule has 1 amide bonds. The van der Waals surface area contributed by atoms with E-state index >= 15 is 0 Å². The summed E-state index contributed by atoms with van der Waals surface area (Å²) in [7, 11) is 0. The molecule has 98 valence electrons. The van der Waals surface area contributed by atoms with Crippen LogP contribution in [0.5, 0.6) is 0 Å². The molecule has 4 heteroatoms. The predicted molar refractivity (Wildman–Crippen MR) is 65.7 cm³/mol.